The first-order valence-electron chi connectivity index (χ1n) is 5.26. The van der Waals surface area contributed by atoms with Gasteiger partial charge in [0.15, 0.2) is 0 Å². The zero-order chi connectivity index (χ0) is 11.1. The molecule has 0 spiro atoms. The molecular formula is C12H18ClNS. The molecule has 3 heteroatoms. The van der Waals surface area contributed by atoms with Crippen molar-refractivity contribution >= 4 is 29.1 Å². The van der Waals surface area contributed by atoms with Gasteiger partial charge in [-0.1, -0.05) is 37.6 Å². The molecule has 1 rings (SSSR count). The van der Waals surface area contributed by atoms with Gasteiger partial charge in [-0.3, -0.25) is 0 Å². The second-order valence-electron chi connectivity index (χ2n) is 3.88. The summed E-state index contributed by atoms with van der Waals surface area (Å²) in [6.07, 6.45) is 0. The molecule has 0 saturated heterocycles. The second kappa shape index (κ2) is 7.02. The molecule has 0 fully saturated rings. The zero-order valence-corrected chi connectivity index (χ0v) is 10.9. The van der Waals surface area contributed by atoms with Crippen LogP contribution in [0.5, 0.6) is 0 Å². The average Bonchev–Trinajstić information content (AvgIpc) is 2.20. The lowest BCUT2D eigenvalue weighted by Gasteiger charge is -2.08. The standard InChI is InChI=1S/C12H18ClNS/c1-10(2)9-15-8-7-14-12-6-4-3-5-11(12)13/h3-6,10,14H,7-9H2,1-2H3. The molecule has 0 atom stereocenters. The van der Waals surface area contributed by atoms with Gasteiger partial charge in [-0.25, -0.2) is 0 Å². The molecule has 0 amide bonds. The molecule has 0 heterocycles. The predicted molar refractivity (Wildman–Crippen MR) is 72.1 cm³/mol. The molecule has 0 aliphatic heterocycles. The van der Waals surface area contributed by atoms with Crippen molar-refractivity contribution in [3.05, 3.63) is 29.3 Å². The topological polar surface area (TPSA) is 12.0 Å². The first-order valence-corrected chi connectivity index (χ1v) is 6.79. The Balaban J connectivity index is 2.18. The molecule has 0 aliphatic rings. The summed E-state index contributed by atoms with van der Waals surface area (Å²) in [6.45, 7) is 5.46. The predicted octanol–water partition coefficient (Wildman–Crippen LogP) is 4.14. The Bertz CT molecular complexity index is 289. The molecule has 1 nitrogen and oxygen atoms in total. The minimum atomic E-state index is 0.773. The van der Waals surface area contributed by atoms with Gasteiger partial charge in [-0.05, 0) is 23.8 Å². The number of anilines is 1. The van der Waals surface area contributed by atoms with Crippen LogP contribution in [0.1, 0.15) is 13.8 Å². The Morgan fingerprint density at radius 1 is 1.33 bits per heavy atom. The van der Waals surface area contributed by atoms with Crippen LogP contribution >= 0.6 is 23.4 Å². The summed E-state index contributed by atoms with van der Waals surface area (Å²) in [5.41, 5.74) is 1.03. The van der Waals surface area contributed by atoms with E-state index in [-0.39, 0.29) is 0 Å². The maximum Gasteiger partial charge on any atom is 0.0637 e. The number of rotatable bonds is 6. The van der Waals surface area contributed by atoms with Crippen LogP contribution in [0.15, 0.2) is 24.3 Å². The van der Waals surface area contributed by atoms with Gasteiger partial charge in [0, 0.05) is 12.3 Å². The van der Waals surface area contributed by atoms with E-state index in [1.54, 1.807) is 0 Å². The van der Waals surface area contributed by atoms with Crippen molar-refractivity contribution < 1.29 is 0 Å². The van der Waals surface area contributed by atoms with E-state index in [9.17, 15) is 0 Å². The van der Waals surface area contributed by atoms with Crippen molar-refractivity contribution in [2.45, 2.75) is 13.8 Å². The van der Waals surface area contributed by atoms with Crippen LogP contribution < -0.4 is 5.32 Å². The quantitative estimate of drug-likeness (QED) is 0.754. The lowest BCUT2D eigenvalue weighted by molar-refractivity contribution is 0.750. The Labute approximate surface area is 102 Å². The van der Waals surface area contributed by atoms with Crippen molar-refractivity contribution in [3.8, 4) is 0 Å². The van der Waals surface area contributed by atoms with E-state index < -0.39 is 0 Å². The first-order chi connectivity index (χ1) is 7.20. The van der Waals surface area contributed by atoms with Gasteiger partial charge in [0.25, 0.3) is 0 Å². The lowest BCUT2D eigenvalue weighted by Crippen LogP contribution is -2.05. The summed E-state index contributed by atoms with van der Waals surface area (Å²) >= 11 is 8.00. The number of halogens is 1. The number of hydrogen-bond acceptors (Lipinski definition) is 2. The van der Waals surface area contributed by atoms with Crippen molar-refractivity contribution in [2.24, 2.45) is 5.92 Å². The third kappa shape index (κ3) is 5.33. The molecule has 0 unspecified atom stereocenters. The summed E-state index contributed by atoms with van der Waals surface area (Å²) in [5, 5.41) is 4.13. The molecule has 0 saturated carbocycles. The minimum absolute atomic E-state index is 0.773. The lowest BCUT2D eigenvalue weighted by atomic mass is 10.3. The number of benzene rings is 1. The highest BCUT2D eigenvalue weighted by atomic mass is 35.5. The maximum absolute atomic E-state index is 6.02. The largest absolute Gasteiger partial charge is 0.383 e. The van der Waals surface area contributed by atoms with Crippen molar-refractivity contribution in [2.75, 3.05) is 23.4 Å². The zero-order valence-electron chi connectivity index (χ0n) is 9.29. The fourth-order valence-corrected chi connectivity index (χ4v) is 2.27. The summed E-state index contributed by atoms with van der Waals surface area (Å²) in [5.74, 6) is 3.13. The van der Waals surface area contributed by atoms with Gasteiger partial charge in [0.1, 0.15) is 0 Å². The Hall–Kier alpha value is -0.340. The van der Waals surface area contributed by atoms with Crippen LogP contribution in [-0.4, -0.2) is 18.1 Å². The molecule has 0 aromatic heterocycles. The van der Waals surface area contributed by atoms with Crippen LogP contribution in [-0.2, 0) is 0 Å². The normalized spacial score (nSPS) is 10.7. The summed E-state index contributed by atoms with van der Waals surface area (Å²) in [4.78, 5) is 0. The van der Waals surface area contributed by atoms with Crippen LogP contribution in [0.3, 0.4) is 0 Å². The molecule has 1 aromatic rings. The Kier molecular flexibility index (Phi) is 5.96. The summed E-state index contributed by atoms with van der Waals surface area (Å²) < 4.78 is 0. The summed E-state index contributed by atoms with van der Waals surface area (Å²) in [7, 11) is 0. The molecule has 15 heavy (non-hydrogen) atoms. The third-order valence-electron chi connectivity index (χ3n) is 1.89. The van der Waals surface area contributed by atoms with E-state index in [1.165, 1.54) is 5.75 Å². The second-order valence-corrected chi connectivity index (χ2v) is 5.43. The van der Waals surface area contributed by atoms with Crippen LogP contribution in [0.2, 0.25) is 5.02 Å². The molecule has 1 aromatic carbocycles. The number of para-hydroxylation sites is 1. The number of thioether (sulfide) groups is 1. The minimum Gasteiger partial charge on any atom is -0.383 e. The van der Waals surface area contributed by atoms with Crippen LogP contribution in [0.25, 0.3) is 0 Å². The van der Waals surface area contributed by atoms with Crippen molar-refractivity contribution in [1.82, 2.24) is 0 Å². The Morgan fingerprint density at radius 3 is 2.73 bits per heavy atom. The third-order valence-corrected chi connectivity index (χ3v) is 3.61. The highest BCUT2D eigenvalue weighted by Gasteiger charge is 1.97. The van der Waals surface area contributed by atoms with E-state index in [0.717, 1.165) is 28.9 Å². The maximum atomic E-state index is 6.02. The van der Waals surface area contributed by atoms with E-state index in [2.05, 4.69) is 19.2 Å². The van der Waals surface area contributed by atoms with E-state index in [1.807, 2.05) is 36.0 Å². The van der Waals surface area contributed by atoms with Gasteiger partial charge in [-0.2, -0.15) is 11.8 Å². The van der Waals surface area contributed by atoms with Crippen LogP contribution in [0, 0.1) is 5.92 Å². The van der Waals surface area contributed by atoms with Gasteiger partial charge >= 0.3 is 0 Å². The number of nitrogens with one attached hydrogen (secondary N) is 1. The highest BCUT2D eigenvalue weighted by molar-refractivity contribution is 7.99. The summed E-state index contributed by atoms with van der Waals surface area (Å²) in [6, 6.07) is 7.86. The van der Waals surface area contributed by atoms with Gasteiger partial charge < -0.3 is 5.32 Å². The molecule has 84 valence electrons. The fraction of sp³-hybridized carbons (Fsp3) is 0.500. The fourth-order valence-electron chi connectivity index (χ4n) is 1.18. The van der Waals surface area contributed by atoms with E-state index >= 15 is 0 Å². The van der Waals surface area contributed by atoms with E-state index in [4.69, 9.17) is 11.6 Å². The van der Waals surface area contributed by atoms with Crippen molar-refractivity contribution in [1.29, 1.82) is 0 Å². The van der Waals surface area contributed by atoms with Gasteiger partial charge in [0.2, 0.25) is 0 Å². The number of hydrogen-bond donors (Lipinski definition) is 1. The smallest absolute Gasteiger partial charge is 0.0637 e. The van der Waals surface area contributed by atoms with Crippen LogP contribution in [0.4, 0.5) is 5.69 Å². The average molecular weight is 244 g/mol. The van der Waals surface area contributed by atoms with Gasteiger partial charge in [-0.15, -0.1) is 0 Å². The van der Waals surface area contributed by atoms with Crippen molar-refractivity contribution in [3.63, 3.8) is 0 Å². The molecule has 0 aliphatic carbocycles. The van der Waals surface area contributed by atoms with E-state index in [0.29, 0.717) is 0 Å². The molecular weight excluding hydrogens is 226 g/mol. The van der Waals surface area contributed by atoms with Gasteiger partial charge in [0.05, 0.1) is 10.7 Å². The SMILES string of the molecule is CC(C)CSCCNc1ccccc1Cl. The monoisotopic (exact) mass is 243 g/mol. The first kappa shape index (κ1) is 12.7. The molecule has 1 N–H and O–H groups in total. The highest BCUT2D eigenvalue weighted by Crippen LogP contribution is 2.20. The molecule has 0 radical (unpaired) electrons. The Morgan fingerprint density at radius 2 is 2.07 bits per heavy atom. The molecule has 0 bridgehead atoms.